The Morgan fingerprint density at radius 1 is 1.23 bits per heavy atom. The van der Waals surface area contributed by atoms with Crippen molar-refractivity contribution in [2.24, 2.45) is 17.7 Å². The third-order valence-corrected chi connectivity index (χ3v) is 6.15. The maximum Gasteiger partial charge on any atom is 0.326 e. The van der Waals surface area contributed by atoms with Crippen molar-refractivity contribution in [3.05, 3.63) is 48.2 Å². The minimum atomic E-state index is -1.83. The van der Waals surface area contributed by atoms with E-state index in [0.29, 0.717) is 12.6 Å². The predicted molar refractivity (Wildman–Crippen MR) is 117 cm³/mol. The van der Waals surface area contributed by atoms with Gasteiger partial charge in [0.05, 0.1) is 0 Å². The molecule has 0 aliphatic heterocycles. The van der Waals surface area contributed by atoms with Gasteiger partial charge in [-0.1, -0.05) is 45.0 Å². The zero-order valence-electron chi connectivity index (χ0n) is 17.9. The highest BCUT2D eigenvalue weighted by Crippen LogP contribution is 2.22. The molecule has 0 spiro atoms. The Hall–Kier alpha value is -2.50. The molecule has 0 saturated carbocycles. The first-order chi connectivity index (χ1) is 14.2. The smallest absolute Gasteiger partial charge is 0.326 e. The van der Waals surface area contributed by atoms with E-state index in [4.69, 9.17) is 0 Å². The number of benzene rings is 1. The van der Waals surface area contributed by atoms with Gasteiger partial charge in [0.2, 0.25) is 5.91 Å². The molecule has 3 atom stereocenters. The van der Waals surface area contributed by atoms with Gasteiger partial charge in [0, 0.05) is 25.4 Å². The van der Waals surface area contributed by atoms with Crippen LogP contribution in [0.25, 0.3) is 11.3 Å². The largest absolute Gasteiger partial charge is 0.612 e. The van der Waals surface area contributed by atoms with Gasteiger partial charge in [-0.2, -0.15) is 0 Å². The summed E-state index contributed by atoms with van der Waals surface area (Å²) in [6, 6.07) is 9.67. The molecule has 7 nitrogen and oxygen atoms in total. The Morgan fingerprint density at radius 3 is 2.40 bits per heavy atom. The summed E-state index contributed by atoms with van der Waals surface area (Å²) in [5.41, 5.74) is 2.89. The number of amides is 1. The molecular formula is C22H30N3O4P. The van der Waals surface area contributed by atoms with Crippen molar-refractivity contribution >= 4 is 19.8 Å². The molecule has 8 heteroatoms. The Morgan fingerprint density at radius 2 is 1.90 bits per heavy atom. The van der Waals surface area contributed by atoms with Gasteiger partial charge >= 0.3 is 5.97 Å². The van der Waals surface area contributed by atoms with Crippen molar-refractivity contribution in [2.45, 2.75) is 45.7 Å². The number of hydrogen-bond donors (Lipinski definition) is 2. The van der Waals surface area contributed by atoms with Crippen LogP contribution in [-0.4, -0.2) is 39.8 Å². The highest BCUT2D eigenvalue weighted by atomic mass is 31.1. The van der Waals surface area contributed by atoms with Gasteiger partial charge in [0.15, 0.2) is 14.0 Å². The molecule has 1 aromatic carbocycles. The summed E-state index contributed by atoms with van der Waals surface area (Å²) in [5, 5.41) is 12.2. The average molecular weight is 431 g/mol. The lowest BCUT2D eigenvalue weighted by Gasteiger charge is -2.19. The normalized spacial score (nSPS) is 13.9. The van der Waals surface area contributed by atoms with Crippen LogP contribution in [0.5, 0.6) is 0 Å². The number of carbonyl (C=O) groups excluding carboxylic acids is 1. The number of carboxylic acid groups (broad SMARTS) is 1. The molecule has 0 saturated heterocycles. The molecule has 162 valence electrons. The maximum atomic E-state index is 12.7. The fourth-order valence-corrected chi connectivity index (χ4v) is 4.29. The van der Waals surface area contributed by atoms with E-state index in [2.05, 4.69) is 10.1 Å². The molecule has 2 rings (SSSR count). The Balaban J connectivity index is 2.12. The number of nitrogens with one attached hydrogen (secondary N) is 1. The van der Waals surface area contributed by atoms with Crippen molar-refractivity contribution in [1.82, 2.24) is 9.88 Å². The van der Waals surface area contributed by atoms with Crippen molar-refractivity contribution < 1.29 is 19.6 Å². The van der Waals surface area contributed by atoms with E-state index >= 15 is 0 Å². The molecule has 2 N–H and O–H groups in total. The summed E-state index contributed by atoms with van der Waals surface area (Å²) in [7, 11) is 0.129. The molecule has 2 aromatic rings. The molecule has 0 radical (unpaired) electrons. The number of carbonyl (C=O) groups is 2. The van der Waals surface area contributed by atoms with Gasteiger partial charge in [0.25, 0.3) is 0 Å². The molecule has 1 amide bonds. The van der Waals surface area contributed by atoms with Crippen molar-refractivity contribution in [3.8, 4) is 11.3 Å². The van der Waals surface area contributed by atoms with E-state index in [9.17, 15) is 19.6 Å². The van der Waals surface area contributed by atoms with Gasteiger partial charge in [-0.15, -0.1) is 4.74 Å². The van der Waals surface area contributed by atoms with E-state index in [0.717, 1.165) is 16.8 Å². The van der Waals surface area contributed by atoms with Gasteiger partial charge in [-0.3, -0.25) is 4.79 Å². The lowest BCUT2D eigenvalue weighted by atomic mass is 10.0. The van der Waals surface area contributed by atoms with Crippen LogP contribution in [0.4, 0.5) is 0 Å². The number of nitrogens with zero attached hydrogens (tertiary/aromatic N) is 2. The fourth-order valence-electron chi connectivity index (χ4n) is 3.14. The number of hydrogen-bond acceptors (Lipinski definition) is 4. The van der Waals surface area contributed by atoms with Crippen molar-refractivity contribution in [3.63, 3.8) is 0 Å². The second-order valence-corrected chi connectivity index (χ2v) is 9.07. The molecule has 0 fully saturated rings. The zero-order chi connectivity index (χ0) is 22.3. The third-order valence-electron chi connectivity index (χ3n) is 4.82. The molecule has 1 aromatic heterocycles. The molecule has 1 unspecified atom stereocenters. The highest BCUT2D eigenvalue weighted by molar-refractivity contribution is 7.39. The lowest BCUT2D eigenvalue weighted by molar-refractivity contribution is -0.156. The van der Waals surface area contributed by atoms with Crippen molar-refractivity contribution in [2.75, 3.05) is 6.16 Å². The van der Waals surface area contributed by atoms with Crippen LogP contribution in [0.1, 0.15) is 32.8 Å². The second kappa shape index (κ2) is 11.0. The van der Waals surface area contributed by atoms with E-state index in [1.165, 1.54) is 0 Å². The Kier molecular flexibility index (Phi) is 8.75. The summed E-state index contributed by atoms with van der Waals surface area (Å²) in [6.45, 7) is 5.51. The molecule has 1 heterocycles. The third kappa shape index (κ3) is 6.51. The quantitative estimate of drug-likeness (QED) is 0.564. The van der Waals surface area contributed by atoms with E-state index in [-0.39, 0.29) is 12.3 Å². The van der Waals surface area contributed by atoms with Crippen LogP contribution in [0.2, 0.25) is 0 Å². The molecule has 30 heavy (non-hydrogen) atoms. The Bertz CT molecular complexity index is 890. The van der Waals surface area contributed by atoms with Crippen LogP contribution < -0.4 is 10.2 Å². The SMILES string of the molecule is CCC[P+]([O-])=N[C@H](C(=O)N[C@@H](Cc1ccc(-c2cccn2C)cc1)C(=O)O)C(C)C. The average Bonchev–Trinajstić information content (AvgIpc) is 3.12. The summed E-state index contributed by atoms with van der Waals surface area (Å²) in [5.74, 6) is -1.80. The summed E-state index contributed by atoms with van der Waals surface area (Å²) >= 11 is 0. The monoisotopic (exact) mass is 431 g/mol. The van der Waals surface area contributed by atoms with E-state index < -0.39 is 31.9 Å². The topological polar surface area (TPSA) is 107 Å². The number of aliphatic carboxylic acids is 1. The summed E-state index contributed by atoms with van der Waals surface area (Å²) < 4.78 is 6.14. The first-order valence-electron chi connectivity index (χ1n) is 10.1. The van der Waals surface area contributed by atoms with Crippen LogP contribution in [0.3, 0.4) is 0 Å². The number of rotatable bonds is 10. The lowest BCUT2D eigenvalue weighted by Crippen LogP contribution is -2.47. The summed E-state index contributed by atoms with van der Waals surface area (Å²) in [4.78, 5) is 36.4. The van der Waals surface area contributed by atoms with Crippen LogP contribution in [0, 0.1) is 5.92 Å². The van der Waals surface area contributed by atoms with Gasteiger partial charge in [-0.05, 0) is 35.6 Å². The first-order valence-corrected chi connectivity index (χ1v) is 11.5. The molecule has 0 aliphatic rings. The zero-order valence-corrected chi connectivity index (χ0v) is 18.8. The van der Waals surface area contributed by atoms with Crippen molar-refractivity contribution in [1.29, 1.82) is 0 Å². The second-order valence-electron chi connectivity index (χ2n) is 7.68. The van der Waals surface area contributed by atoms with Gasteiger partial charge in [-0.25, -0.2) is 4.79 Å². The van der Waals surface area contributed by atoms with Gasteiger partial charge in [0.1, 0.15) is 12.2 Å². The minimum absolute atomic E-state index is 0.153. The number of carboxylic acids is 1. The fraction of sp³-hybridized carbons (Fsp3) is 0.455. The number of aromatic nitrogens is 1. The maximum absolute atomic E-state index is 12.7. The summed E-state index contributed by atoms with van der Waals surface area (Å²) in [6.07, 6.45) is 3.24. The van der Waals surface area contributed by atoms with E-state index in [1.807, 2.05) is 61.1 Å². The van der Waals surface area contributed by atoms with Gasteiger partial charge < -0.3 is 19.9 Å². The Labute approximate surface area is 178 Å². The standard InChI is InChI=1S/C22H30N3O4P/c1-5-13-30(29)24-20(15(2)3)21(26)23-18(22(27)28)14-16-8-10-17(11-9-16)19-7-6-12-25(19)4/h6-12,15,18,20H,5,13-14H2,1-4H3,(H,23,26)(H,27,28)/t18-,20-/m0/s1. The van der Waals surface area contributed by atoms with Crippen LogP contribution >= 0.6 is 7.94 Å². The molecule has 0 bridgehead atoms. The number of aryl methyl sites for hydroxylation is 1. The van der Waals surface area contributed by atoms with Crippen LogP contribution in [-0.2, 0) is 23.1 Å². The minimum Gasteiger partial charge on any atom is -0.612 e. The van der Waals surface area contributed by atoms with Crippen LogP contribution in [0.15, 0.2) is 47.3 Å². The van der Waals surface area contributed by atoms with E-state index in [1.54, 1.807) is 13.8 Å². The molecular weight excluding hydrogens is 401 g/mol. The highest BCUT2D eigenvalue weighted by Gasteiger charge is 2.29. The molecule has 0 aliphatic carbocycles. The predicted octanol–water partition coefficient (Wildman–Crippen LogP) is 3.18. The first kappa shape index (κ1) is 23.8.